The van der Waals surface area contributed by atoms with Gasteiger partial charge in [-0.25, -0.2) is 0 Å². The number of allylic oxidation sites excluding steroid dienone is 1. The molecule has 4 heterocycles. The van der Waals surface area contributed by atoms with Crippen molar-refractivity contribution in [3.05, 3.63) is 47.7 Å². The topological polar surface area (TPSA) is 68.6 Å². The minimum Gasteiger partial charge on any atom is -0.395 e. The molecule has 4 atom stereocenters. The van der Waals surface area contributed by atoms with Gasteiger partial charge in [-0.3, -0.25) is 9.88 Å². The molecule has 0 radical (unpaired) electrons. The SMILES string of the molecule is C/C=C1/CN2CC[C@H]1C[C@@H]2[C@@H](O)c1ccnc2ccc(NCCO)cc12.Cl.Cl. The third-order valence-corrected chi connectivity index (χ3v) is 5.94. The maximum Gasteiger partial charge on any atom is 0.0952 e. The number of rotatable bonds is 5. The monoisotopic (exact) mass is 425 g/mol. The van der Waals surface area contributed by atoms with Crippen LogP contribution in [-0.2, 0) is 0 Å². The highest BCUT2D eigenvalue weighted by Gasteiger charge is 2.40. The Kier molecular flexibility index (Phi) is 8.10. The van der Waals surface area contributed by atoms with Gasteiger partial charge in [0.25, 0.3) is 0 Å². The molecule has 3 aliphatic rings. The zero-order chi connectivity index (χ0) is 18.1. The van der Waals surface area contributed by atoms with E-state index in [2.05, 4.69) is 28.2 Å². The molecule has 0 amide bonds. The van der Waals surface area contributed by atoms with Gasteiger partial charge in [0.1, 0.15) is 0 Å². The van der Waals surface area contributed by atoms with Crippen molar-refractivity contribution in [2.24, 2.45) is 5.92 Å². The lowest BCUT2D eigenvalue weighted by atomic mass is 9.76. The predicted octanol–water partition coefficient (Wildman–Crippen LogP) is 3.56. The highest BCUT2D eigenvalue weighted by molar-refractivity contribution is 5.86. The number of aromatic nitrogens is 1. The van der Waals surface area contributed by atoms with Crippen LogP contribution >= 0.6 is 24.8 Å². The molecule has 0 aliphatic carbocycles. The molecule has 2 bridgehead atoms. The van der Waals surface area contributed by atoms with Crippen molar-refractivity contribution in [2.75, 3.05) is 31.6 Å². The zero-order valence-electron chi connectivity index (χ0n) is 16.0. The number of piperidine rings is 3. The van der Waals surface area contributed by atoms with Gasteiger partial charge in [-0.05, 0) is 62.1 Å². The third kappa shape index (κ3) is 4.29. The number of halogens is 2. The van der Waals surface area contributed by atoms with E-state index in [9.17, 15) is 5.11 Å². The van der Waals surface area contributed by atoms with E-state index in [0.717, 1.165) is 41.7 Å². The van der Waals surface area contributed by atoms with Gasteiger partial charge in [0.2, 0.25) is 0 Å². The van der Waals surface area contributed by atoms with Gasteiger partial charge in [0, 0.05) is 36.4 Å². The Labute approximate surface area is 178 Å². The molecule has 3 fully saturated rings. The molecule has 0 spiro atoms. The van der Waals surface area contributed by atoms with Crippen molar-refractivity contribution in [3.8, 4) is 0 Å². The Bertz CT molecular complexity index is 830. The van der Waals surface area contributed by atoms with E-state index >= 15 is 0 Å². The Balaban J connectivity index is 0.00000140. The first-order valence-electron chi connectivity index (χ1n) is 9.52. The largest absolute Gasteiger partial charge is 0.395 e. The van der Waals surface area contributed by atoms with Gasteiger partial charge in [0.05, 0.1) is 18.2 Å². The first-order chi connectivity index (χ1) is 12.7. The van der Waals surface area contributed by atoms with Crippen LogP contribution in [0.25, 0.3) is 10.9 Å². The maximum atomic E-state index is 11.2. The van der Waals surface area contributed by atoms with Crippen molar-refractivity contribution in [1.82, 2.24) is 9.88 Å². The summed E-state index contributed by atoms with van der Waals surface area (Å²) in [6, 6.07) is 8.08. The fourth-order valence-corrected chi connectivity index (χ4v) is 4.54. The Hall–Kier alpha value is -1.37. The molecule has 5 rings (SSSR count). The van der Waals surface area contributed by atoms with Crippen LogP contribution in [0.4, 0.5) is 5.69 Å². The molecule has 154 valence electrons. The van der Waals surface area contributed by atoms with Crippen molar-refractivity contribution < 1.29 is 10.2 Å². The van der Waals surface area contributed by atoms with Gasteiger partial charge in [-0.15, -0.1) is 24.8 Å². The van der Waals surface area contributed by atoms with Gasteiger partial charge in [-0.1, -0.05) is 11.6 Å². The fraction of sp³-hybridized carbons (Fsp3) is 0.476. The number of anilines is 1. The molecule has 0 saturated carbocycles. The summed E-state index contributed by atoms with van der Waals surface area (Å²) in [6.45, 7) is 4.77. The zero-order valence-corrected chi connectivity index (χ0v) is 17.7. The van der Waals surface area contributed by atoms with E-state index in [1.54, 1.807) is 6.20 Å². The number of aliphatic hydroxyl groups excluding tert-OH is 2. The minimum absolute atomic E-state index is 0. The molecule has 5 nitrogen and oxygen atoms in total. The lowest BCUT2D eigenvalue weighted by Gasteiger charge is -2.48. The summed E-state index contributed by atoms with van der Waals surface area (Å²) in [7, 11) is 0. The lowest BCUT2D eigenvalue weighted by Crippen LogP contribution is -2.52. The Morgan fingerprint density at radius 1 is 1.32 bits per heavy atom. The molecule has 2 aromatic rings. The molecule has 7 heteroatoms. The first-order valence-corrected chi connectivity index (χ1v) is 9.52. The van der Waals surface area contributed by atoms with E-state index in [4.69, 9.17) is 5.11 Å². The Morgan fingerprint density at radius 3 is 2.82 bits per heavy atom. The van der Waals surface area contributed by atoms with Gasteiger partial charge in [0.15, 0.2) is 0 Å². The highest BCUT2D eigenvalue weighted by atomic mass is 35.5. The third-order valence-electron chi connectivity index (χ3n) is 5.94. The lowest BCUT2D eigenvalue weighted by molar-refractivity contribution is -0.00340. The molecule has 3 aliphatic heterocycles. The second kappa shape index (κ2) is 9.90. The van der Waals surface area contributed by atoms with Crippen LogP contribution in [-0.4, -0.2) is 52.4 Å². The first kappa shape index (κ1) is 22.9. The van der Waals surface area contributed by atoms with Gasteiger partial charge in [-0.2, -0.15) is 0 Å². The number of benzene rings is 1. The summed E-state index contributed by atoms with van der Waals surface area (Å²) in [4.78, 5) is 6.88. The average Bonchev–Trinajstić information content (AvgIpc) is 2.71. The Morgan fingerprint density at radius 2 is 2.14 bits per heavy atom. The van der Waals surface area contributed by atoms with E-state index in [1.165, 1.54) is 12.0 Å². The molecular weight excluding hydrogens is 397 g/mol. The molecule has 3 saturated heterocycles. The van der Waals surface area contributed by atoms with E-state index in [-0.39, 0.29) is 37.5 Å². The number of hydrogen-bond donors (Lipinski definition) is 3. The molecule has 3 N–H and O–H groups in total. The fourth-order valence-electron chi connectivity index (χ4n) is 4.54. The number of nitrogens with zero attached hydrogens (tertiary/aromatic N) is 2. The van der Waals surface area contributed by atoms with Crippen LogP contribution in [0.1, 0.15) is 31.4 Å². The van der Waals surface area contributed by atoms with Crippen LogP contribution in [0.2, 0.25) is 0 Å². The smallest absolute Gasteiger partial charge is 0.0952 e. The summed E-state index contributed by atoms with van der Waals surface area (Å²) in [5.41, 5.74) is 4.30. The second-order valence-corrected chi connectivity index (χ2v) is 7.35. The number of aliphatic hydroxyl groups is 2. The second-order valence-electron chi connectivity index (χ2n) is 7.35. The highest BCUT2D eigenvalue weighted by Crippen LogP contribution is 2.41. The number of fused-ring (bicyclic) bond motifs is 4. The summed E-state index contributed by atoms with van der Waals surface area (Å²) < 4.78 is 0. The van der Waals surface area contributed by atoms with E-state index in [1.807, 2.05) is 24.3 Å². The van der Waals surface area contributed by atoms with Gasteiger partial charge < -0.3 is 15.5 Å². The summed E-state index contributed by atoms with van der Waals surface area (Å²) >= 11 is 0. The van der Waals surface area contributed by atoms with Crippen LogP contribution in [0.15, 0.2) is 42.1 Å². The number of nitrogens with one attached hydrogen (secondary N) is 1. The molecule has 28 heavy (non-hydrogen) atoms. The van der Waals surface area contributed by atoms with Crippen LogP contribution in [0.3, 0.4) is 0 Å². The number of hydrogen-bond acceptors (Lipinski definition) is 5. The molecule has 1 aromatic heterocycles. The van der Waals surface area contributed by atoms with Gasteiger partial charge >= 0.3 is 0 Å². The normalized spacial score (nSPS) is 25.8. The van der Waals surface area contributed by atoms with Crippen molar-refractivity contribution in [3.63, 3.8) is 0 Å². The van der Waals surface area contributed by atoms with Crippen molar-refractivity contribution >= 4 is 41.4 Å². The van der Waals surface area contributed by atoms with Crippen molar-refractivity contribution in [1.29, 1.82) is 0 Å². The summed E-state index contributed by atoms with van der Waals surface area (Å²) in [5, 5.41) is 24.5. The predicted molar refractivity (Wildman–Crippen MR) is 119 cm³/mol. The quantitative estimate of drug-likeness (QED) is 0.638. The van der Waals surface area contributed by atoms with E-state index in [0.29, 0.717) is 12.5 Å². The summed E-state index contributed by atoms with van der Waals surface area (Å²) in [5.74, 6) is 0.611. The molecule has 1 aromatic carbocycles. The van der Waals surface area contributed by atoms with Crippen LogP contribution in [0.5, 0.6) is 0 Å². The van der Waals surface area contributed by atoms with E-state index < -0.39 is 6.10 Å². The average molecular weight is 426 g/mol. The number of pyridine rings is 1. The standard InChI is InChI=1S/C21H27N3O2.2ClH/c1-2-14-13-24-9-6-15(14)11-20(24)21(26)17-5-7-23-19-4-3-16(12-18(17)19)22-8-10-25;;/h2-5,7,12,15,20-22,25-26H,6,8-11,13H2,1H3;2*1H/b14-2-;;/t15-,20+,21-;;/m0../s1. The maximum absolute atomic E-state index is 11.2. The van der Waals surface area contributed by atoms with Crippen LogP contribution < -0.4 is 5.32 Å². The summed E-state index contributed by atoms with van der Waals surface area (Å²) in [6.07, 6.45) is 5.74. The van der Waals surface area contributed by atoms with Crippen LogP contribution in [0, 0.1) is 5.92 Å². The van der Waals surface area contributed by atoms with Crippen molar-refractivity contribution in [2.45, 2.75) is 31.9 Å². The minimum atomic E-state index is -0.519. The molecular formula is C21H29Cl2N3O2. The molecule has 1 unspecified atom stereocenters.